The molecule has 0 radical (unpaired) electrons. The van der Waals surface area contributed by atoms with Crippen molar-refractivity contribution in [3.05, 3.63) is 53.7 Å². The zero-order chi connectivity index (χ0) is 22.9. The first-order chi connectivity index (χ1) is 16.0. The molecule has 2 aliphatic carbocycles. The van der Waals surface area contributed by atoms with Crippen LogP contribution < -0.4 is 5.32 Å². The van der Waals surface area contributed by atoms with Crippen molar-refractivity contribution in [3.63, 3.8) is 0 Å². The standard InChI is InChI=1S/C27H28F2N2O2/c28-22-12-19(13-23(29)27(22)33)18-9-10-24-20(11-18)25(21(15-30-24)26(32)17-7-8-17)31-14-16-5-3-1-2-4-6-16/h9-13,15-17,33H,1-8,14H2,(H,30,31). The molecule has 2 fully saturated rings. The van der Waals surface area contributed by atoms with Gasteiger partial charge in [-0.25, -0.2) is 8.78 Å². The number of aromatic hydroxyl groups is 1. The van der Waals surface area contributed by atoms with E-state index < -0.39 is 17.4 Å². The predicted molar refractivity (Wildman–Crippen MR) is 125 cm³/mol. The number of fused-ring (bicyclic) bond motifs is 1. The van der Waals surface area contributed by atoms with E-state index in [1.165, 1.54) is 38.5 Å². The summed E-state index contributed by atoms with van der Waals surface area (Å²) in [6.07, 6.45) is 10.9. The van der Waals surface area contributed by atoms with Crippen molar-refractivity contribution < 1.29 is 18.7 Å². The highest BCUT2D eigenvalue weighted by molar-refractivity contribution is 6.10. The van der Waals surface area contributed by atoms with Crippen LogP contribution in [0.15, 0.2) is 36.5 Å². The monoisotopic (exact) mass is 450 g/mol. The van der Waals surface area contributed by atoms with Gasteiger partial charge in [0.05, 0.1) is 16.8 Å². The summed E-state index contributed by atoms with van der Waals surface area (Å²) in [5.74, 6) is -2.27. The molecule has 2 aliphatic rings. The number of nitrogens with one attached hydrogen (secondary N) is 1. The zero-order valence-corrected chi connectivity index (χ0v) is 18.5. The van der Waals surface area contributed by atoms with Crippen molar-refractivity contribution in [2.45, 2.75) is 51.4 Å². The van der Waals surface area contributed by atoms with E-state index in [0.717, 1.165) is 42.6 Å². The summed E-state index contributed by atoms with van der Waals surface area (Å²) >= 11 is 0. The molecule has 0 amide bonds. The highest BCUT2D eigenvalue weighted by Crippen LogP contribution is 2.38. The van der Waals surface area contributed by atoms with E-state index in [1.54, 1.807) is 18.3 Å². The molecule has 0 atom stereocenters. The zero-order valence-electron chi connectivity index (χ0n) is 18.5. The number of pyridine rings is 1. The van der Waals surface area contributed by atoms with Crippen molar-refractivity contribution in [2.24, 2.45) is 11.8 Å². The quantitative estimate of drug-likeness (QED) is 0.318. The maximum Gasteiger partial charge on any atom is 0.187 e. The van der Waals surface area contributed by atoms with Gasteiger partial charge in [0.15, 0.2) is 23.2 Å². The number of aromatic nitrogens is 1. The number of benzene rings is 2. The Morgan fingerprint density at radius 3 is 2.33 bits per heavy atom. The average Bonchev–Trinajstić information content (AvgIpc) is 3.68. The molecule has 0 spiro atoms. The van der Waals surface area contributed by atoms with Gasteiger partial charge in [0.2, 0.25) is 0 Å². The molecule has 0 unspecified atom stereocenters. The number of hydrogen-bond acceptors (Lipinski definition) is 4. The van der Waals surface area contributed by atoms with Gasteiger partial charge in [0, 0.05) is 24.0 Å². The van der Waals surface area contributed by atoms with E-state index in [1.807, 2.05) is 6.07 Å². The first-order valence-electron chi connectivity index (χ1n) is 11.9. The molecule has 172 valence electrons. The number of phenols is 1. The summed E-state index contributed by atoms with van der Waals surface area (Å²) in [4.78, 5) is 17.6. The Morgan fingerprint density at radius 2 is 1.67 bits per heavy atom. The maximum absolute atomic E-state index is 14.0. The van der Waals surface area contributed by atoms with Crippen LogP contribution in [0.5, 0.6) is 5.75 Å². The number of ketones is 1. The molecule has 1 heterocycles. The van der Waals surface area contributed by atoms with E-state index in [0.29, 0.717) is 28.1 Å². The maximum atomic E-state index is 14.0. The molecule has 2 saturated carbocycles. The van der Waals surface area contributed by atoms with Crippen LogP contribution in [-0.2, 0) is 0 Å². The second-order valence-corrected chi connectivity index (χ2v) is 9.44. The van der Waals surface area contributed by atoms with Gasteiger partial charge in [-0.3, -0.25) is 9.78 Å². The minimum Gasteiger partial charge on any atom is -0.503 e. The average molecular weight is 451 g/mol. The number of hydrogen-bond donors (Lipinski definition) is 2. The number of rotatable bonds is 6. The summed E-state index contributed by atoms with van der Waals surface area (Å²) in [6, 6.07) is 7.61. The molecule has 5 rings (SSSR count). The van der Waals surface area contributed by atoms with Crippen molar-refractivity contribution in [3.8, 4) is 16.9 Å². The normalized spacial score (nSPS) is 17.2. The molecular weight excluding hydrogens is 422 g/mol. The summed E-state index contributed by atoms with van der Waals surface area (Å²) in [7, 11) is 0. The van der Waals surface area contributed by atoms with E-state index in [-0.39, 0.29) is 11.7 Å². The largest absolute Gasteiger partial charge is 0.503 e. The van der Waals surface area contributed by atoms with E-state index in [9.17, 15) is 18.7 Å². The van der Waals surface area contributed by atoms with Crippen LogP contribution in [0.4, 0.5) is 14.5 Å². The number of carbonyl (C=O) groups is 1. The Morgan fingerprint density at radius 1 is 0.970 bits per heavy atom. The fourth-order valence-corrected chi connectivity index (χ4v) is 4.86. The molecule has 33 heavy (non-hydrogen) atoms. The first kappa shape index (κ1) is 21.8. The van der Waals surface area contributed by atoms with Crippen LogP contribution in [0.2, 0.25) is 0 Å². The molecular formula is C27H28F2N2O2. The van der Waals surface area contributed by atoms with Gasteiger partial charge in [-0.15, -0.1) is 0 Å². The summed E-state index contributed by atoms with van der Waals surface area (Å²) in [5, 5.41) is 13.8. The van der Waals surface area contributed by atoms with Crippen molar-refractivity contribution in [1.29, 1.82) is 0 Å². The summed E-state index contributed by atoms with van der Waals surface area (Å²) in [6.45, 7) is 0.788. The van der Waals surface area contributed by atoms with Crippen LogP contribution in [-0.4, -0.2) is 22.4 Å². The van der Waals surface area contributed by atoms with Crippen molar-refractivity contribution in [2.75, 3.05) is 11.9 Å². The van der Waals surface area contributed by atoms with E-state index in [4.69, 9.17) is 0 Å². The lowest BCUT2D eigenvalue weighted by atomic mass is 9.97. The van der Waals surface area contributed by atoms with Gasteiger partial charge in [-0.2, -0.15) is 0 Å². The van der Waals surface area contributed by atoms with Crippen LogP contribution in [0.25, 0.3) is 22.0 Å². The third kappa shape index (κ3) is 4.56. The third-order valence-corrected chi connectivity index (χ3v) is 6.97. The Kier molecular flexibility index (Phi) is 6.00. The SMILES string of the molecule is O=C(c1cnc2ccc(-c3cc(F)c(O)c(F)c3)cc2c1NCC1CCCCCC1)C1CC1. The lowest BCUT2D eigenvalue weighted by Gasteiger charge is -2.19. The van der Waals surface area contributed by atoms with Crippen molar-refractivity contribution in [1.82, 2.24) is 4.98 Å². The molecule has 2 N–H and O–H groups in total. The van der Waals surface area contributed by atoms with Crippen molar-refractivity contribution >= 4 is 22.4 Å². The van der Waals surface area contributed by atoms with Gasteiger partial charge >= 0.3 is 0 Å². The molecule has 3 aromatic rings. The molecule has 0 bridgehead atoms. The molecule has 4 nitrogen and oxygen atoms in total. The molecule has 0 saturated heterocycles. The number of anilines is 1. The Hall–Kier alpha value is -3.02. The van der Waals surface area contributed by atoms with E-state index >= 15 is 0 Å². The lowest BCUT2D eigenvalue weighted by molar-refractivity contribution is 0.0968. The Labute approximate surface area is 192 Å². The van der Waals surface area contributed by atoms with Gasteiger partial charge in [0.1, 0.15) is 0 Å². The molecule has 2 aromatic carbocycles. The third-order valence-electron chi connectivity index (χ3n) is 6.97. The van der Waals surface area contributed by atoms with Gasteiger partial charge in [0.25, 0.3) is 0 Å². The number of nitrogens with zero attached hydrogens (tertiary/aromatic N) is 1. The smallest absolute Gasteiger partial charge is 0.187 e. The number of Topliss-reactive ketones (excluding diaryl/α,β-unsaturated/α-hetero) is 1. The fourth-order valence-electron chi connectivity index (χ4n) is 4.86. The highest BCUT2D eigenvalue weighted by Gasteiger charge is 2.32. The van der Waals surface area contributed by atoms with Crippen LogP contribution in [0.3, 0.4) is 0 Å². The second kappa shape index (κ2) is 9.08. The van der Waals surface area contributed by atoms with Gasteiger partial charge in [-0.1, -0.05) is 31.7 Å². The molecule has 1 aromatic heterocycles. The minimum absolute atomic E-state index is 0.0613. The topological polar surface area (TPSA) is 62.2 Å². The molecule has 0 aliphatic heterocycles. The highest BCUT2D eigenvalue weighted by atomic mass is 19.1. The molecule has 6 heteroatoms. The van der Waals surface area contributed by atoms with Crippen LogP contribution in [0, 0.1) is 23.5 Å². The Bertz CT molecular complexity index is 1180. The predicted octanol–water partition coefficient (Wildman–Crippen LogP) is 6.86. The van der Waals surface area contributed by atoms with E-state index in [2.05, 4.69) is 10.3 Å². The Balaban J connectivity index is 1.56. The first-order valence-corrected chi connectivity index (χ1v) is 11.9. The van der Waals surface area contributed by atoms with Crippen LogP contribution in [0.1, 0.15) is 61.7 Å². The minimum atomic E-state index is -1.01. The lowest BCUT2D eigenvalue weighted by Crippen LogP contribution is -2.17. The number of halogens is 2. The number of carbonyl (C=O) groups excluding carboxylic acids is 1. The van der Waals surface area contributed by atoms with Crippen LogP contribution >= 0.6 is 0 Å². The van der Waals surface area contributed by atoms with Gasteiger partial charge in [-0.05, 0) is 67.0 Å². The second-order valence-electron chi connectivity index (χ2n) is 9.44. The summed E-state index contributed by atoms with van der Waals surface area (Å²) in [5.41, 5.74) is 2.99. The van der Waals surface area contributed by atoms with Gasteiger partial charge < -0.3 is 10.4 Å². The summed E-state index contributed by atoms with van der Waals surface area (Å²) < 4.78 is 28.0. The fraction of sp³-hybridized carbons (Fsp3) is 0.407. The number of phenolic OH excluding ortho intramolecular Hbond substituents is 1.